The van der Waals surface area contributed by atoms with Crippen molar-refractivity contribution in [2.45, 2.75) is 38.4 Å². The number of pyridine rings is 1. The predicted octanol–water partition coefficient (Wildman–Crippen LogP) is 2.56. The van der Waals surface area contributed by atoms with Crippen molar-refractivity contribution >= 4 is 11.6 Å². The fraction of sp³-hybridized carbons (Fsp3) is 0.438. The maximum absolute atomic E-state index is 12.8. The largest absolute Gasteiger partial charge is 0.406 e. The van der Waals surface area contributed by atoms with Crippen LogP contribution in [0.2, 0.25) is 0 Å². The summed E-state index contributed by atoms with van der Waals surface area (Å²) in [6.45, 7) is 0.414. The summed E-state index contributed by atoms with van der Waals surface area (Å²) in [5.74, 6) is -0.912. The van der Waals surface area contributed by atoms with E-state index in [2.05, 4.69) is 4.98 Å². The van der Waals surface area contributed by atoms with Gasteiger partial charge in [0.2, 0.25) is 0 Å². The van der Waals surface area contributed by atoms with Gasteiger partial charge in [-0.15, -0.1) is 0 Å². The van der Waals surface area contributed by atoms with Crippen molar-refractivity contribution in [3.63, 3.8) is 0 Å². The number of rotatable bonds is 3. The zero-order chi connectivity index (χ0) is 17.5. The van der Waals surface area contributed by atoms with Gasteiger partial charge < -0.3 is 4.90 Å². The Kier molecular flexibility index (Phi) is 4.06. The third-order valence-corrected chi connectivity index (χ3v) is 4.21. The highest BCUT2D eigenvalue weighted by atomic mass is 19.4. The summed E-state index contributed by atoms with van der Waals surface area (Å²) in [5.41, 5.74) is 0.129. The van der Waals surface area contributed by atoms with Gasteiger partial charge in [0.25, 0.3) is 11.5 Å². The fourth-order valence-electron chi connectivity index (χ4n) is 2.74. The fourth-order valence-corrected chi connectivity index (χ4v) is 2.74. The average molecular weight is 339 g/mol. The summed E-state index contributed by atoms with van der Waals surface area (Å²) in [4.78, 5) is 29.9. The number of carbonyl (C=O) groups excluding carboxylic acids is 1. The first-order chi connectivity index (χ1) is 11.3. The smallest absolute Gasteiger partial charge is 0.326 e. The topological polar surface area (TPSA) is 54.7 Å². The second-order valence-electron chi connectivity index (χ2n) is 6.04. The molecular weight excluding hydrogens is 323 g/mol. The molecule has 2 aromatic heterocycles. The molecule has 1 fully saturated rings. The number of nitrogens with zero attached hydrogens (tertiary/aromatic N) is 3. The minimum atomic E-state index is -4.51. The van der Waals surface area contributed by atoms with Gasteiger partial charge >= 0.3 is 6.18 Å². The summed E-state index contributed by atoms with van der Waals surface area (Å²) in [6.07, 6.45) is -0.119. The second-order valence-corrected chi connectivity index (χ2v) is 6.04. The third-order valence-electron chi connectivity index (χ3n) is 4.21. The molecule has 1 aliphatic rings. The number of hydrogen-bond donors (Lipinski definition) is 0. The van der Waals surface area contributed by atoms with Gasteiger partial charge in [-0.05, 0) is 37.8 Å². The molecule has 0 radical (unpaired) electrons. The van der Waals surface area contributed by atoms with E-state index in [0.717, 1.165) is 23.1 Å². The lowest BCUT2D eigenvalue weighted by molar-refractivity contribution is -0.147. The Morgan fingerprint density at radius 1 is 1.38 bits per heavy atom. The van der Waals surface area contributed by atoms with Crippen molar-refractivity contribution in [2.24, 2.45) is 0 Å². The minimum absolute atomic E-state index is 0.339. The van der Waals surface area contributed by atoms with Gasteiger partial charge in [0, 0.05) is 18.4 Å². The Hall–Kier alpha value is -2.38. The molecule has 8 heteroatoms. The van der Waals surface area contributed by atoms with Gasteiger partial charge in [0.05, 0.1) is 0 Å². The molecule has 0 aromatic carbocycles. The van der Waals surface area contributed by atoms with Crippen LogP contribution in [-0.4, -0.2) is 39.0 Å². The van der Waals surface area contributed by atoms with E-state index in [1.807, 2.05) is 0 Å². The molecule has 3 rings (SSSR count). The van der Waals surface area contributed by atoms with Crippen LogP contribution in [0.15, 0.2) is 29.3 Å². The number of halogens is 3. The first-order valence-corrected chi connectivity index (χ1v) is 7.62. The molecule has 0 N–H and O–H groups in total. The lowest BCUT2D eigenvalue weighted by Crippen LogP contribution is -2.50. The number of carbonyl (C=O) groups is 1. The molecule has 128 valence electrons. The van der Waals surface area contributed by atoms with Crippen molar-refractivity contribution in [1.29, 1.82) is 0 Å². The first kappa shape index (κ1) is 16.5. The molecule has 0 bridgehead atoms. The molecule has 0 spiro atoms. The molecule has 0 unspecified atom stereocenters. The van der Waals surface area contributed by atoms with E-state index >= 15 is 0 Å². The van der Waals surface area contributed by atoms with Crippen molar-refractivity contribution in [3.8, 4) is 0 Å². The van der Waals surface area contributed by atoms with E-state index < -0.39 is 30.2 Å². The van der Waals surface area contributed by atoms with E-state index in [0.29, 0.717) is 18.5 Å². The van der Waals surface area contributed by atoms with Crippen LogP contribution in [-0.2, 0) is 0 Å². The van der Waals surface area contributed by atoms with Crippen molar-refractivity contribution < 1.29 is 18.0 Å². The molecular formula is C16H16F3N3O2. The number of aryl methyl sites for hydroxylation is 1. The minimum Gasteiger partial charge on any atom is -0.326 e. The van der Waals surface area contributed by atoms with Gasteiger partial charge in [0.15, 0.2) is 0 Å². The van der Waals surface area contributed by atoms with Crippen LogP contribution in [0.3, 0.4) is 0 Å². The number of alkyl halides is 3. The SMILES string of the molecule is Cc1ccc2ncc(C(=O)N(CC(F)(F)F)C3CCC3)c(=O)n2c1. The molecule has 5 nitrogen and oxygen atoms in total. The summed E-state index contributed by atoms with van der Waals surface area (Å²) < 4.78 is 39.6. The van der Waals surface area contributed by atoms with Crippen LogP contribution >= 0.6 is 0 Å². The van der Waals surface area contributed by atoms with Crippen molar-refractivity contribution in [1.82, 2.24) is 14.3 Å². The maximum atomic E-state index is 12.8. The maximum Gasteiger partial charge on any atom is 0.406 e. The highest BCUT2D eigenvalue weighted by Crippen LogP contribution is 2.29. The standard InChI is InChI=1S/C16H16F3N3O2/c1-10-5-6-13-20-7-12(14(23)21(13)8-10)15(24)22(9-16(17,18)19)11-3-2-4-11/h5-8,11H,2-4,9H2,1H3. The van der Waals surface area contributed by atoms with Crippen molar-refractivity contribution in [3.05, 3.63) is 46.0 Å². The molecule has 1 amide bonds. The average Bonchev–Trinajstić information content (AvgIpc) is 2.44. The van der Waals surface area contributed by atoms with Crippen LogP contribution in [0.4, 0.5) is 13.2 Å². The number of fused-ring (bicyclic) bond motifs is 1. The number of amides is 1. The first-order valence-electron chi connectivity index (χ1n) is 7.62. The molecule has 0 aliphatic heterocycles. The second kappa shape index (κ2) is 5.92. The quantitative estimate of drug-likeness (QED) is 0.864. The van der Waals surface area contributed by atoms with E-state index in [4.69, 9.17) is 0 Å². The Morgan fingerprint density at radius 3 is 2.67 bits per heavy atom. The predicted molar refractivity (Wildman–Crippen MR) is 80.9 cm³/mol. The van der Waals surface area contributed by atoms with Crippen LogP contribution in [0.5, 0.6) is 0 Å². The molecule has 0 saturated heterocycles. The van der Waals surface area contributed by atoms with E-state index in [-0.39, 0.29) is 5.56 Å². The molecule has 24 heavy (non-hydrogen) atoms. The Labute approximate surface area is 135 Å². The Bertz CT molecular complexity index is 841. The molecule has 2 heterocycles. The molecule has 0 atom stereocenters. The van der Waals surface area contributed by atoms with E-state index in [1.54, 1.807) is 19.1 Å². The summed E-state index contributed by atoms with van der Waals surface area (Å²) >= 11 is 0. The van der Waals surface area contributed by atoms with E-state index in [9.17, 15) is 22.8 Å². The van der Waals surface area contributed by atoms with Crippen LogP contribution in [0.25, 0.3) is 5.65 Å². The monoisotopic (exact) mass is 339 g/mol. The number of aromatic nitrogens is 2. The van der Waals surface area contributed by atoms with E-state index in [1.165, 1.54) is 10.6 Å². The van der Waals surface area contributed by atoms with Crippen LogP contribution < -0.4 is 5.56 Å². The summed E-state index contributed by atoms with van der Waals surface area (Å²) in [5, 5.41) is 0. The Balaban J connectivity index is 2.02. The van der Waals surface area contributed by atoms with Gasteiger partial charge in [-0.2, -0.15) is 13.2 Å². The van der Waals surface area contributed by atoms with Gasteiger partial charge in [-0.1, -0.05) is 6.07 Å². The summed E-state index contributed by atoms with van der Waals surface area (Å²) in [6, 6.07) is 2.90. The highest BCUT2D eigenvalue weighted by Gasteiger charge is 2.39. The Morgan fingerprint density at radius 2 is 2.08 bits per heavy atom. The highest BCUT2D eigenvalue weighted by molar-refractivity contribution is 5.94. The molecule has 1 aliphatic carbocycles. The lowest BCUT2D eigenvalue weighted by atomic mass is 9.91. The van der Waals surface area contributed by atoms with Gasteiger partial charge in [-0.3, -0.25) is 14.0 Å². The zero-order valence-electron chi connectivity index (χ0n) is 13.0. The van der Waals surface area contributed by atoms with Crippen LogP contribution in [0, 0.1) is 6.92 Å². The normalized spacial score (nSPS) is 15.3. The van der Waals surface area contributed by atoms with Crippen LogP contribution in [0.1, 0.15) is 35.2 Å². The van der Waals surface area contributed by atoms with Crippen molar-refractivity contribution in [2.75, 3.05) is 6.54 Å². The molecule has 1 saturated carbocycles. The number of hydrogen-bond acceptors (Lipinski definition) is 3. The lowest BCUT2D eigenvalue weighted by Gasteiger charge is -2.37. The van der Waals surface area contributed by atoms with Gasteiger partial charge in [-0.25, -0.2) is 4.98 Å². The zero-order valence-corrected chi connectivity index (χ0v) is 13.0. The third kappa shape index (κ3) is 3.13. The van der Waals surface area contributed by atoms with Gasteiger partial charge in [0.1, 0.15) is 17.8 Å². The summed E-state index contributed by atoms with van der Waals surface area (Å²) in [7, 11) is 0. The molecule has 2 aromatic rings.